The maximum absolute atomic E-state index is 10.9. The summed E-state index contributed by atoms with van der Waals surface area (Å²) in [5, 5.41) is -0.231. The highest BCUT2D eigenvalue weighted by Crippen LogP contribution is 2.58. The van der Waals surface area contributed by atoms with Gasteiger partial charge in [-0.1, -0.05) is 23.2 Å². The van der Waals surface area contributed by atoms with Gasteiger partial charge in [-0.3, -0.25) is 4.79 Å². The lowest BCUT2D eigenvalue weighted by Crippen LogP contribution is -2.04. The van der Waals surface area contributed by atoms with Crippen LogP contribution in [-0.2, 0) is 9.53 Å². The number of halogens is 3. The molecule has 0 amide bonds. The molecule has 76 valence electrons. The molecule has 1 fully saturated rings. The summed E-state index contributed by atoms with van der Waals surface area (Å²) in [5.74, 6) is -0.204. The van der Waals surface area contributed by atoms with E-state index in [1.807, 2.05) is 0 Å². The van der Waals surface area contributed by atoms with Crippen LogP contribution in [0.15, 0.2) is 0 Å². The lowest BCUT2D eigenvalue weighted by atomic mass is 10.2. The first-order valence-electron chi connectivity index (χ1n) is 4.17. The Morgan fingerprint density at radius 3 is 2.46 bits per heavy atom. The van der Waals surface area contributed by atoms with Gasteiger partial charge >= 0.3 is 5.97 Å². The van der Waals surface area contributed by atoms with Gasteiger partial charge in [0.2, 0.25) is 0 Å². The second-order valence-electron chi connectivity index (χ2n) is 3.03. The number of hydrogen-bond donors (Lipinski definition) is 0. The van der Waals surface area contributed by atoms with E-state index in [4.69, 9.17) is 39.5 Å². The molecule has 0 aliphatic heterocycles. The third-order valence-corrected chi connectivity index (χ3v) is 3.97. The first kappa shape index (κ1) is 11.4. The molecule has 0 heterocycles. The molecule has 5 heteroatoms. The first-order chi connectivity index (χ1) is 6.00. The predicted molar refractivity (Wildman–Crippen MR) is 53.4 cm³/mol. The summed E-state index contributed by atoms with van der Waals surface area (Å²) < 4.78 is 3.92. The van der Waals surface area contributed by atoms with Crippen LogP contribution in [0.5, 0.6) is 0 Å². The summed E-state index contributed by atoms with van der Waals surface area (Å²) in [4.78, 5) is 10.9. The van der Waals surface area contributed by atoms with Gasteiger partial charge in [-0.15, -0.1) is 11.6 Å². The molecule has 0 N–H and O–H groups in total. The zero-order valence-electron chi connectivity index (χ0n) is 7.23. The molecule has 1 aliphatic rings. The summed E-state index contributed by atoms with van der Waals surface area (Å²) in [7, 11) is 0. The smallest absolute Gasteiger partial charge is 0.305 e. The average Bonchev–Trinajstić information content (AvgIpc) is 2.49. The first-order valence-corrected chi connectivity index (χ1v) is 5.37. The van der Waals surface area contributed by atoms with Crippen LogP contribution < -0.4 is 0 Å². The maximum Gasteiger partial charge on any atom is 0.305 e. The average molecular weight is 246 g/mol. The molecule has 0 radical (unpaired) electrons. The minimum Gasteiger partial charge on any atom is -0.466 e. The van der Waals surface area contributed by atoms with Crippen molar-refractivity contribution < 1.29 is 9.53 Å². The van der Waals surface area contributed by atoms with Crippen LogP contribution in [0.1, 0.15) is 19.8 Å². The number of esters is 1. The SMILES string of the molecule is CCOC(=O)CCC1C(Cl)C1(Cl)Cl. The molecule has 0 aromatic carbocycles. The number of rotatable bonds is 4. The number of ether oxygens (including phenoxy) is 1. The van der Waals surface area contributed by atoms with E-state index < -0.39 is 4.33 Å². The van der Waals surface area contributed by atoms with Crippen LogP contribution in [0.25, 0.3) is 0 Å². The minimum absolute atomic E-state index is 0.0157. The van der Waals surface area contributed by atoms with E-state index in [9.17, 15) is 4.79 Å². The molecule has 2 nitrogen and oxygen atoms in total. The highest BCUT2D eigenvalue weighted by molar-refractivity contribution is 6.56. The summed E-state index contributed by atoms with van der Waals surface area (Å²) in [6.07, 6.45) is 0.933. The largest absolute Gasteiger partial charge is 0.466 e. The molecule has 0 aromatic rings. The molecule has 0 bridgehead atoms. The Kier molecular flexibility index (Phi) is 3.73. The summed E-state index contributed by atoms with van der Waals surface area (Å²) in [5.41, 5.74) is 0. The van der Waals surface area contributed by atoms with Crippen LogP contribution >= 0.6 is 34.8 Å². The standard InChI is InChI=1S/C8H11Cl3O2/c1-2-13-6(12)4-3-5-7(9)8(5,10)11/h5,7H,2-4H2,1H3. The van der Waals surface area contributed by atoms with Gasteiger partial charge in [-0.2, -0.15) is 0 Å². The number of carbonyl (C=O) groups is 1. The summed E-state index contributed by atoms with van der Waals surface area (Å²) >= 11 is 17.4. The Morgan fingerprint density at radius 1 is 1.54 bits per heavy atom. The maximum atomic E-state index is 10.9. The van der Waals surface area contributed by atoms with E-state index in [2.05, 4.69) is 0 Å². The second kappa shape index (κ2) is 4.24. The van der Waals surface area contributed by atoms with Gasteiger partial charge in [0.1, 0.15) is 4.33 Å². The Morgan fingerprint density at radius 2 is 2.08 bits per heavy atom. The zero-order chi connectivity index (χ0) is 10.1. The van der Waals surface area contributed by atoms with Crippen molar-refractivity contribution in [3.63, 3.8) is 0 Å². The number of carbonyl (C=O) groups excluding carboxylic acids is 1. The van der Waals surface area contributed by atoms with Crippen molar-refractivity contribution in [1.29, 1.82) is 0 Å². The van der Waals surface area contributed by atoms with Crippen LogP contribution in [-0.4, -0.2) is 22.3 Å². The van der Waals surface area contributed by atoms with Gasteiger partial charge in [-0.05, 0) is 13.3 Å². The summed E-state index contributed by atoms with van der Waals surface area (Å²) in [6.45, 7) is 2.17. The Labute approximate surface area is 92.5 Å². The van der Waals surface area contributed by atoms with Crippen molar-refractivity contribution in [3.05, 3.63) is 0 Å². The van der Waals surface area contributed by atoms with Crippen molar-refractivity contribution >= 4 is 40.8 Å². The van der Waals surface area contributed by atoms with E-state index in [0.29, 0.717) is 19.4 Å². The Hall–Kier alpha value is 0.340. The third kappa shape index (κ3) is 2.64. The molecule has 1 rings (SSSR count). The normalized spacial score (nSPS) is 29.8. The zero-order valence-corrected chi connectivity index (χ0v) is 9.49. The van der Waals surface area contributed by atoms with Gasteiger partial charge in [0, 0.05) is 12.3 Å². The van der Waals surface area contributed by atoms with Crippen LogP contribution in [0, 0.1) is 5.92 Å². The molecule has 0 saturated heterocycles. The monoisotopic (exact) mass is 244 g/mol. The highest BCUT2D eigenvalue weighted by atomic mass is 35.5. The quantitative estimate of drug-likeness (QED) is 0.562. The van der Waals surface area contributed by atoms with E-state index in [1.54, 1.807) is 6.92 Å². The van der Waals surface area contributed by atoms with E-state index in [1.165, 1.54) is 0 Å². The fraction of sp³-hybridized carbons (Fsp3) is 0.875. The summed E-state index contributed by atoms with van der Waals surface area (Å²) in [6, 6.07) is 0. The fourth-order valence-corrected chi connectivity index (χ4v) is 2.39. The molecular formula is C8H11Cl3O2. The third-order valence-electron chi connectivity index (χ3n) is 2.07. The molecule has 0 aromatic heterocycles. The molecule has 2 atom stereocenters. The van der Waals surface area contributed by atoms with Gasteiger partial charge < -0.3 is 4.74 Å². The van der Waals surface area contributed by atoms with E-state index >= 15 is 0 Å². The van der Waals surface area contributed by atoms with E-state index in [0.717, 1.165) is 0 Å². The fourth-order valence-electron chi connectivity index (χ4n) is 1.19. The molecule has 1 saturated carbocycles. The minimum atomic E-state index is -0.839. The lowest BCUT2D eigenvalue weighted by Gasteiger charge is -2.00. The molecule has 13 heavy (non-hydrogen) atoms. The van der Waals surface area contributed by atoms with Crippen molar-refractivity contribution in [2.24, 2.45) is 5.92 Å². The van der Waals surface area contributed by atoms with Gasteiger partial charge in [0.25, 0.3) is 0 Å². The molecular weight excluding hydrogens is 234 g/mol. The topological polar surface area (TPSA) is 26.3 Å². The van der Waals surface area contributed by atoms with Crippen LogP contribution in [0.4, 0.5) is 0 Å². The molecule has 0 spiro atoms. The van der Waals surface area contributed by atoms with Crippen LogP contribution in [0.2, 0.25) is 0 Å². The van der Waals surface area contributed by atoms with Gasteiger partial charge in [0.05, 0.1) is 12.0 Å². The van der Waals surface area contributed by atoms with Crippen molar-refractivity contribution in [2.75, 3.05) is 6.61 Å². The van der Waals surface area contributed by atoms with Gasteiger partial charge in [-0.25, -0.2) is 0 Å². The molecule has 2 unspecified atom stereocenters. The molecule has 1 aliphatic carbocycles. The lowest BCUT2D eigenvalue weighted by molar-refractivity contribution is -0.143. The van der Waals surface area contributed by atoms with Crippen LogP contribution in [0.3, 0.4) is 0 Å². The van der Waals surface area contributed by atoms with Crippen molar-refractivity contribution in [3.8, 4) is 0 Å². The van der Waals surface area contributed by atoms with Crippen molar-refractivity contribution in [2.45, 2.75) is 29.5 Å². The predicted octanol–water partition coefficient (Wildman–Crippen LogP) is 2.74. The van der Waals surface area contributed by atoms with Crippen molar-refractivity contribution in [1.82, 2.24) is 0 Å². The Bertz CT molecular complexity index is 206. The number of alkyl halides is 3. The highest BCUT2D eigenvalue weighted by Gasteiger charge is 2.62. The number of hydrogen-bond acceptors (Lipinski definition) is 2. The second-order valence-corrected chi connectivity index (χ2v) is 4.94. The Balaban J connectivity index is 2.18. The van der Waals surface area contributed by atoms with E-state index in [-0.39, 0.29) is 17.3 Å². The van der Waals surface area contributed by atoms with Gasteiger partial charge in [0.15, 0.2) is 0 Å².